The van der Waals surface area contributed by atoms with Crippen molar-refractivity contribution in [2.75, 3.05) is 23.7 Å². The van der Waals surface area contributed by atoms with Gasteiger partial charge in [-0.05, 0) is 38.2 Å². The van der Waals surface area contributed by atoms with Gasteiger partial charge in [0, 0.05) is 18.0 Å². The van der Waals surface area contributed by atoms with Crippen molar-refractivity contribution in [3.05, 3.63) is 10.9 Å². The van der Waals surface area contributed by atoms with E-state index in [4.69, 9.17) is 0 Å². The van der Waals surface area contributed by atoms with E-state index in [1.54, 1.807) is 11.3 Å². The highest BCUT2D eigenvalue weighted by atomic mass is 32.1. The van der Waals surface area contributed by atoms with Crippen molar-refractivity contribution in [3.8, 4) is 0 Å². The van der Waals surface area contributed by atoms with Crippen LogP contribution in [-0.4, -0.2) is 23.1 Å². The van der Waals surface area contributed by atoms with Crippen molar-refractivity contribution in [2.45, 2.75) is 33.6 Å². The highest BCUT2D eigenvalue weighted by Crippen LogP contribution is 2.45. The van der Waals surface area contributed by atoms with Crippen LogP contribution in [0.25, 0.3) is 10.2 Å². The van der Waals surface area contributed by atoms with Crippen LogP contribution in [0.1, 0.15) is 31.6 Å². The lowest BCUT2D eigenvalue weighted by molar-refractivity contribution is 0.610. The molecular weight excluding hydrogens is 256 g/mol. The monoisotopic (exact) mass is 276 g/mol. The Morgan fingerprint density at radius 3 is 2.79 bits per heavy atom. The molecule has 2 N–H and O–H groups in total. The van der Waals surface area contributed by atoms with Crippen LogP contribution < -0.4 is 10.6 Å². The number of hydrogen-bond acceptors (Lipinski definition) is 5. The summed E-state index contributed by atoms with van der Waals surface area (Å²) in [6.07, 6.45) is 2.63. The molecule has 0 unspecified atom stereocenters. The number of nitrogens with one attached hydrogen (secondary N) is 2. The fourth-order valence-corrected chi connectivity index (χ4v) is 2.98. The van der Waals surface area contributed by atoms with Gasteiger partial charge in [-0.2, -0.15) is 4.98 Å². The van der Waals surface area contributed by atoms with E-state index in [0.717, 1.165) is 35.1 Å². The first kappa shape index (κ1) is 12.7. The second kappa shape index (κ2) is 4.63. The molecule has 0 aliphatic heterocycles. The zero-order valence-corrected chi connectivity index (χ0v) is 12.5. The molecule has 5 heteroatoms. The topological polar surface area (TPSA) is 49.8 Å². The normalized spacial score (nSPS) is 16.6. The number of aromatic nitrogens is 2. The third kappa shape index (κ3) is 2.66. The van der Waals surface area contributed by atoms with Gasteiger partial charge in [0.1, 0.15) is 10.6 Å². The molecule has 0 saturated heterocycles. The first-order valence-electron chi connectivity index (χ1n) is 6.85. The SMILES string of the molecule is CCNc1nc(NCC2(C)CC2)c2cc(C)sc2n1. The third-order valence-electron chi connectivity index (χ3n) is 3.64. The second-order valence-electron chi connectivity index (χ2n) is 5.67. The molecule has 2 aromatic rings. The molecule has 1 aliphatic rings. The number of hydrogen-bond donors (Lipinski definition) is 2. The molecular formula is C14H20N4S. The Bertz CT molecular complexity index is 601. The van der Waals surface area contributed by atoms with Crippen LogP contribution in [0, 0.1) is 12.3 Å². The smallest absolute Gasteiger partial charge is 0.226 e. The molecule has 0 amide bonds. The van der Waals surface area contributed by atoms with Crippen molar-refractivity contribution in [1.29, 1.82) is 0 Å². The van der Waals surface area contributed by atoms with Crippen LogP contribution in [0.4, 0.5) is 11.8 Å². The number of rotatable bonds is 5. The maximum Gasteiger partial charge on any atom is 0.226 e. The standard InChI is InChI=1S/C14H20N4S/c1-4-15-13-17-11(16-8-14(3)5-6-14)10-7-9(2)19-12(10)18-13/h7H,4-6,8H2,1-3H3,(H2,15,16,17,18). The van der Waals surface area contributed by atoms with Gasteiger partial charge in [-0.25, -0.2) is 4.98 Å². The van der Waals surface area contributed by atoms with E-state index in [2.05, 4.69) is 47.4 Å². The van der Waals surface area contributed by atoms with Gasteiger partial charge in [-0.15, -0.1) is 11.3 Å². The van der Waals surface area contributed by atoms with Crippen LogP contribution in [0.5, 0.6) is 0 Å². The number of aryl methyl sites for hydroxylation is 1. The Kier molecular flexibility index (Phi) is 3.09. The van der Waals surface area contributed by atoms with Crippen LogP contribution in [0.2, 0.25) is 0 Å². The lowest BCUT2D eigenvalue weighted by atomic mass is 10.1. The largest absolute Gasteiger partial charge is 0.369 e. The van der Waals surface area contributed by atoms with Gasteiger partial charge in [0.25, 0.3) is 0 Å². The minimum absolute atomic E-state index is 0.473. The Morgan fingerprint density at radius 2 is 2.11 bits per heavy atom. The zero-order chi connectivity index (χ0) is 13.5. The summed E-state index contributed by atoms with van der Waals surface area (Å²) >= 11 is 1.72. The number of fused-ring (bicyclic) bond motifs is 1. The van der Waals surface area contributed by atoms with Crippen LogP contribution in [0.15, 0.2) is 6.07 Å². The molecule has 2 aromatic heterocycles. The van der Waals surface area contributed by atoms with E-state index in [9.17, 15) is 0 Å². The maximum atomic E-state index is 4.61. The Hall–Kier alpha value is -1.36. The van der Waals surface area contributed by atoms with E-state index < -0.39 is 0 Å². The summed E-state index contributed by atoms with van der Waals surface area (Å²) in [4.78, 5) is 11.5. The van der Waals surface area contributed by atoms with E-state index in [0.29, 0.717) is 5.41 Å². The average molecular weight is 276 g/mol. The minimum Gasteiger partial charge on any atom is -0.369 e. The molecule has 2 heterocycles. The molecule has 0 radical (unpaired) electrons. The summed E-state index contributed by atoms with van der Waals surface area (Å²) in [7, 11) is 0. The van der Waals surface area contributed by atoms with E-state index in [1.807, 2.05) is 0 Å². The highest BCUT2D eigenvalue weighted by Gasteiger charge is 2.37. The van der Waals surface area contributed by atoms with Crippen LogP contribution in [0.3, 0.4) is 0 Å². The molecule has 0 spiro atoms. The second-order valence-corrected chi connectivity index (χ2v) is 6.90. The zero-order valence-electron chi connectivity index (χ0n) is 11.7. The van der Waals surface area contributed by atoms with Gasteiger partial charge in [-0.3, -0.25) is 0 Å². The lowest BCUT2D eigenvalue weighted by Gasteiger charge is -2.12. The number of nitrogens with zero attached hydrogens (tertiary/aromatic N) is 2. The molecule has 19 heavy (non-hydrogen) atoms. The summed E-state index contributed by atoms with van der Waals surface area (Å²) in [5.74, 6) is 1.69. The van der Waals surface area contributed by atoms with Gasteiger partial charge in [0.05, 0.1) is 5.39 Å². The molecule has 1 saturated carbocycles. The molecule has 0 bridgehead atoms. The first-order valence-corrected chi connectivity index (χ1v) is 7.67. The summed E-state index contributed by atoms with van der Waals surface area (Å²) < 4.78 is 0. The average Bonchev–Trinajstić information content (AvgIpc) is 2.97. The van der Waals surface area contributed by atoms with Gasteiger partial charge in [0.15, 0.2) is 0 Å². The Morgan fingerprint density at radius 1 is 1.32 bits per heavy atom. The van der Waals surface area contributed by atoms with E-state index in [-0.39, 0.29) is 0 Å². The third-order valence-corrected chi connectivity index (χ3v) is 4.58. The minimum atomic E-state index is 0.473. The number of anilines is 2. The molecule has 1 fully saturated rings. The van der Waals surface area contributed by atoms with Crippen molar-refractivity contribution >= 4 is 33.3 Å². The van der Waals surface area contributed by atoms with Crippen LogP contribution in [-0.2, 0) is 0 Å². The molecule has 4 nitrogen and oxygen atoms in total. The van der Waals surface area contributed by atoms with Gasteiger partial charge < -0.3 is 10.6 Å². The van der Waals surface area contributed by atoms with Crippen molar-refractivity contribution in [3.63, 3.8) is 0 Å². The summed E-state index contributed by atoms with van der Waals surface area (Å²) in [5, 5.41) is 7.87. The van der Waals surface area contributed by atoms with Crippen LogP contribution >= 0.6 is 11.3 Å². The highest BCUT2D eigenvalue weighted by molar-refractivity contribution is 7.18. The molecule has 3 rings (SSSR count). The predicted octanol–water partition coefficient (Wildman–Crippen LogP) is 3.64. The Labute approximate surface area is 117 Å². The quantitative estimate of drug-likeness (QED) is 0.875. The number of thiophene rings is 1. The Balaban J connectivity index is 1.94. The molecule has 1 aliphatic carbocycles. The molecule has 102 valence electrons. The van der Waals surface area contributed by atoms with Crippen molar-refractivity contribution in [2.24, 2.45) is 5.41 Å². The molecule has 0 atom stereocenters. The summed E-state index contributed by atoms with van der Waals surface area (Å²) in [5.41, 5.74) is 0.473. The van der Waals surface area contributed by atoms with Crippen molar-refractivity contribution < 1.29 is 0 Å². The van der Waals surface area contributed by atoms with E-state index in [1.165, 1.54) is 17.7 Å². The van der Waals surface area contributed by atoms with Gasteiger partial charge in [0.2, 0.25) is 5.95 Å². The van der Waals surface area contributed by atoms with Gasteiger partial charge >= 0.3 is 0 Å². The van der Waals surface area contributed by atoms with E-state index >= 15 is 0 Å². The fraction of sp³-hybridized carbons (Fsp3) is 0.571. The summed E-state index contributed by atoms with van der Waals surface area (Å²) in [6.45, 7) is 8.34. The first-order chi connectivity index (χ1) is 9.09. The summed E-state index contributed by atoms with van der Waals surface area (Å²) in [6, 6.07) is 2.17. The van der Waals surface area contributed by atoms with Crippen molar-refractivity contribution in [1.82, 2.24) is 9.97 Å². The fourth-order valence-electron chi connectivity index (χ4n) is 2.10. The maximum absolute atomic E-state index is 4.61. The predicted molar refractivity (Wildman–Crippen MR) is 82.1 cm³/mol. The van der Waals surface area contributed by atoms with Gasteiger partial charge in [-0.1, -0.05) is 6.92 Å². The molecule has 0 aromatic carbocycles. The lowest BCUT2D eigenvalue weighted by Crippen LogP contribution is -2.14.